The number of nitrogens with two attached hydrogens (primary N) is 1. The van der Waals surface area contributed by atoms with Crippen LogP contribution in [0.1, 0.15) is 6.42 Å². The van der Waals surface area contributed by atoms with Crippen molar-refractivity contribution in [1.82, 2.24) is 14.9 Å². The Kier molecular flexibility index (Phi) is 9.57. The normalized spacial score (nSPS) is 13.6. The number of hydrogen-bond donors (Lipinski definition) is 2. The van der Waals surface area contributed by atoms with Gasteiger partial charge in [-0.15, -0.1) is 0 Å². The molecule has 0 saturated carbocycles. The summed E-state index contributed by atoms with van der Waals surface area (Å²) in [6.45, 7) is 8.34. The van der Waals surface area contributed by atoms with Crippen LogP contribution < -0.4 is 15.8 Å². The number of rotatable bonds is 8. The van der Waals surface area contributed by atoms with Gasteiger partial charge >= 0.3 is 0 Å². The molecule has 4 rings (SSSR count). The van der Waals surface area contributed by atoms with Crippen molar-refractivity contribution in [1.29, 1.82) is 0 Å². The molecule has 3 aromatic rings. The summed E-state index contributed by atoms with van der Waals surface area (Å²) in [4.78, 5) is 20.5. The van der Waals surface area contributed by atoms with Gasteiger partial charge in [0, 0.05) is 36.8 Å². The van der Waals surface area contributed by atoms with E-state index in [1.165, 1.54) is 18.5 Å². The van der Waals surface area contributed by atoms with Crippen LogP contribution in [0.5, 0.6) is 5.75 Å². The highest BCUT2D eigenvalue weighted by Crippen LogP contribution is 2.28. The maximum Gasteiger partial charge on any atom is 0.240 e. The number of amides is 1. The Morgan fingerprint density at radius 3 is 2.74 bits per heavy atom. The summed E-state index contributed by atoms with van der Waals surface area (Å²) in [5.74, 6) is 0.454. The quantitative estimate of drug-likeness (QED) is 0.366. The monoisotopic (exact) mass is 487 g/mol. The van der Waals surface area contributed by atoms with E-state index in [1.807, 2.05) is 18.2 Å². The zero-order chi connectivity index (χ0) is 24.3. The summed E-state index contributed by atoms with van der Waals surface area (Å²) in [5, 5.41) is 4.06. The van der Waals surface area contributed by atoms with E-state index in [4.69, 9.17) is 21.1 Å². The van der Waals surface area contributed by atoms with E-state index in [0.717, 1.165) is 62.0 Å². The van der Waals surface area contributed by atoms with Crippen LogP contribution in [0.2, 0.25) is 5.02 Å². The van der Waals surface area contributed by atoms with Crippen molar-refractivity contribution in [3.05, 3.63) is 66.2 Å². The Balaban J connectivity index is 0.000000588. The van der Waals surface area contributed by atoms with Crippen molar-refractivity contribution in [2.24, 2.45) is 5.73 Å². The fraction of sp³-hybridized carbons (Fsp3) is 0.292. The average molecular weight is 488 g/mol. The van der Waals surface area contributed by atoms with Crippen LogP contribution in [0.25, 0.3) is 10.9 Å². The van der Waals surface area contributed by atoms with Crippen molar-refractivity contribution < 1.29 is 18.7 Å². The highest BCUT2D eigenvalue weighted by Gasteiger charge is 2.10. The Labute approximate surface area is 202 Å². The number of benzene rings is 2. The van der Waals surface area contributed by atoms with E-state index < -0.39 is 11.7 Å². The third-order valence-electron chi connectivity index (χ3n) is 4.98. The SMILES string of the molecule is C=CC(N)=O.Fc1ccc(Nc2ncnc3cc(OCCCN4CCOCC4)ccc23)cc1Cl. The number of morpholine rings is 1. The fourth-order valence-corrected chi connectivity index (χ4v) is 3.42. The smallest absolute Gasteiger partial charge is 0.240 e. The molecular formula is C24H27ClFN5O3. The molecule has 1 amide bonds. The number of nitrogens with zero attached hydrogens (tertiary/aromatic N) is 3. The zero-order valence-electron chi connectivity index (χ0n) is 18.7. The van der Waals surface area contributed by atoms with Crippen molar-refractivity contribution in [2.75, 3.05) is 44.8 Å². The predicted molar refractivity (Wildman–Crippen MR) is 131 cm³/mol. The lowest BCUT2D eigenvalue weighted by atomic mass is 10.2. The van der Waals surface area contributed by atoms with Gasteiger partial charge in [-0.2, -0.15) is 0 Å². The number of fused-ring (bicyclic) bond motifs is 1. The van der Waals surface area contributed by atoms with E-state index in [1.54, 1.807) is 6.07 Å². The van der Waals surface area contributed by atoms with Gasteiger partial charge in [0.15, 0.2) is 0 Å². The van der Waals surface area contributed by atoms with E-state index >= 15 is 0 Å². The maximum atomic E-state index is 13.4. The lowest BCUT2D eigenvalue weighted by molar-refractivity contribution is -0.113. The molecule has 180 valence electrons. The average Bonchev–Trinajstić information content (AvgIpc) is 2.85. The number of carbonyl (C=O) groups is 1. The van der Waals surface area contributed by atoms with Crippen molar-refractivity contribution in [2.45, 2.75) is 6.42 Å². The molecule has 0 atom stereocenters. The van der Waals surface area contributed by atoms with E-state index in [0.29, 0.717) is 18.1 Å². The van der Waals surface area contributed by atoms with E-state index in [2.05, 4.69) is 32.5 Å². The van der Waals surface area contributed by atoms with Gasteiger partial charge in [-0.1, -0.05) is 18.2 Å². The number of carbonyl (C=O) groups excluding carboxylic acids is 1. The van der Waals surface area contributed by atoms with Gasteiger partial charge in [-0.3, -0.25) is 9.69 Å². The Bertz CT molecular complexity index is 1120. The predicted octanol–water partition coefficient (Wildman–Crippen LogP) is 3.92. The van der Waals surface area contributed by atoms with Crippen LogP contribution >= 0.6 is 11.6 Å². The van der Waals surface area contributed by atoms with E-state index in [9.17, 15) is 9.18 Å². The minimum atomic E-state index is -0.481. The molecule has 0 spiro atoms. The molecule has 2 heterocycles. The summed E-state index contributed by atoms with van der Waals surface area (Å²) in [6.07, 6.45) is 3.50. The first-order valence-corrected chi connectivity index (χ1v) is 11.2. The maximum absolute atomic E-state index is 13.4. The van der Waals surface area contributed by atoms with Gasteiger partial charge in [-0.05, 0) is 42.8 Å². The third-order valence-corrected chi connectivity index (χ3v) is 5.27. The summed E-state index contributed by atoms with van der Waals surface area (Å²) in [6, 6.07) is 10.2. The number of ether oxygens (including phenoxy) is 2. The van der Waals surface area contributed by atoms with Crippen LogP contribution in [-0.4, -0.2) is 60.2 Å². The van der Waals surface area contributed by atoms with Gasteiger partial charge in [0.05, 0.1) is 30.4 Å². The van der Waals surface area contributed by atoms with Gasteiger partial charge in [0.25, 0.3) is 0 Å². The van der Waals surface area contributed by atoms with Crippen molar-refractivity contribution >= 4 is 39.9 Å². The summed E-state index contributed by atoms with van der Waals surface area (Å²) in [5.41, 5.74) is 5.95. The molecule has 34 heavy (non-hydrogen) atoms. The van der Waals surface area contributed by atoms with Crippen LogP contribution in [0, 0.1) is 5.82 Å². The molecular weight excluding hydrogens is 461 g/mol. The number of nitrogens with one attached hydrogen (secondary N) is 1. The Morgan fingerprint density at radius 1 is 1.26 bits per heavy atom. The zero-order valence-corrected chi connectivity index (χ0v) is 19.4. The molecule has 0 radical (unpaired) electrons. The Hall–Kier alpha value is -3.27. The number of hydrogen-bond acceptors (Lipinski definition) is 7. The molecule has 2 aromatic carbocycles. The number of aromatic nitrogens is 2. The number of primary amides is 1. The molecule has 8 nitrogen and oxygen atoms in total. The van der Waals surface area contributed by atoms with Gasteiger partial charge in [0.2, 0.25) is 5.91 Å². The minimum Gasteiger partial charge on any atom is -0.493 e. The van der Waals surface area contributed by atoms with Crippen molar-refractivity contribution in [3.63, 3.8) is 0 Å². The second-order valence-electron chi connectivity index (χ2n) is 7.42. The second kappa shape index (κ2) is 12.8. The topological polar surface area (TPSA) is 103 Å². The highest BCUT2D eigenvalue weighted by molar-refractivity contribution is 6.31. The first-order chi connectivity index (χ1) is 16.5. The third kappa shape index (κ3) is 7.65. The fourth-order valence-electron chi connectivity index (χ4n) is 3.24. The number of halogens is 2. The molecule has 1 aliphatic heterocycles. The lowest BCUT2D eigenvalue weighted by Crippen LogP contribution is -2.37. The second-order valence-corrected chi connectivity index (χ2v) is 7.82. The summed E-state index contributed by atoms with van der Waals surface area (Å²) in [7, 11) is 0. The van der Waals surface area contributed by atoms with Crippen molar-refractivity contribution in [3.8, 4) is 5.75 Å². The van der Waals surface area contributed by atoms with Crippen LogP contribution in [0.4, 0.5) is 15.9 Å². The van der Waals surface area contributed by atoms with Crippen LogP contribution in [-0.2, 0) is 9.53 Å². The summed E-state index contributed by atoms with van der Waals surface area (Å²) >= 11 is 5.86. The lowest BCUT2D eigenvalue weighted by Gasteiger charge is -2.26. The van der Waals surface area contributed by atoms with Crippen LogP contribution in [0.3, 0.4) is 0 Å². The number of anilines is 2. The molecule has 1 aromatic heterocycles. The standard InChI is InChI=1S/C21H22ClFN4O2.C3H5NO/c22-18-12-15(2-5-19(18)23)26-21-17-4-3-16(13-20(17)24-14-25-21)29-9-1-6-27-7-10-28-11-8-27;1-2-3(4)5/h2-5,12-14H,1,6-11H2,(H,24,25,26);2H,1H2,(H2,4,5). The first kappa shape index (κ1) is 25.4. The van der Waals surface area contributed by atoms with Crippen LogP contribution in [0.15, 0.2) is 55.4 Å². The van der Waals surface area contributed by atoms with Gasteiger partial charge in [0.1, 0.15) is 23.7 Å². The first-order valence-electron chi connectivity index (χ1n) is 10.8. The molecule has 0 unspecified atom stereocenters. The summed E-state index contributed by atoms with van der Waals surface area (Å²) < 4.78 is 24.6. The Morgan fingerprint density at radius 2 is 2.03 bits per heavy atom. The van der Waals surface area contributed by atoms with Gasteiger partial charge in [-0.25, -0.2) is 14.4 Å². The molecule has 3 N–H and O–H groups in total. The largest absolute Gasteiger partial charge is 0.493 e. The highest BCUT2D eigenvalue weighted by atomic mass is 35.5. The molecule has 0 aliphatic carbocycles. The van der Waals surface area contributed by atoms with E-state index in [-0.39, 0.29) is 5.02 Å². The molecule has 10 heteroatoms. The molecule has 1 saturated heterocycles. The van der Waals surface area contributed by atoms with Gasteiger partial charge < -0.3 is 20.5 Å². The minimum absolute atomic E-state index is 0.0566. The molecule has 1 aliphatic rings. The molecule has 0 bridgehead atoms. The molecule has 1 fully saturated rings.